The van der Waals surface area contributed by atoms with Crippen LogP contribution in [0.2, 0.25) is 0 Å². The molecule has 0 fully saturated rings. The van der Waals surface area contributed by atoms with Crippen LogP contribution in [-0.2, 0) is 18.8 Å². The molecule has 24 heavy (non-hydrogen) atoms. The third kappa shape index (κ3) is 4.10. The van der Waals surface area contributed by atoms with Crippen LogP contribution in [0.4, 0.5) is 26.3 Å². The van der Waals surface area contributed by atoms with Gasteiger partial charge in [-0.2, -0.15) is 26.3 Å². The van der Waals surface area contributed by atoms with Gasteiger partial charge in [-0.25, -0.2) is 0 Å². The minimum atomic E-state index is -5.10. The maximum atomic E-state index is 13.3. The van der Waals surface area contributed by atoms with Crippen molar-refractivity contribution >= 4 is 0 Å². The highest BCUT2D eigenvalue weighted by Gasteiger charge is 2.44. The van der Waals surface area contributed by atoms with Crippen molar-refractivity contribution in [3.05, 3.63) is 59.2 Å². The molecule has 0 bridgehead atoms. The van der Waals surface area contributed by atoms with Crippen LogP contribution >= 0.6 is 0 Å². The molecule has 0 amide bonds. The van der Waals surface area contributed by atoms with E-state index in [2.05, 4.69) is 0 Å². The van der Waals surface area contributed by atoms with Gasteiger partial charge in [0.05, 0.1) is 11.1 Å². The molecule has 6 heteroatoms. The standard InChI is InChI=1S/C18H16F6/c1-11(2)9-12-5-3-6-13(10-12)14-7-4-8-15(17(19,20)21)16(14)18(22,23)24/h3-8,10-11H,9H2,1-2H3. The van der Waals surface area contributed by atoms with E-state index in [1.54, 1.807) is 12.1 Å². The second kappa shape index (κ2) is 6.49. The lowest BCUT2D eigenvalue weighted by Gasteiger charge is -2.19. The Hall–Kier alpha value is -1.98. The van der Waals surface area contributed by atoms with Gasteiger partial charge in [0.1, 0.15) is 0 Å². The summed E-state index contributed by atoms with van der Waals surface area (Å²) in [6.45, 7) is 3.91. The molecular weight excluding hydrogens is 330 g/mol. The summed E-state index contributed by atoms with van der Waals surface area (Å²) >= 11 is 0. The lowest BCUT2D eigenvalue weighted by molar-refractivity contribution is -0.161. The van der Waals surface area contributed by atoms with Crippen LogP contribution in [0.3, 0.4) is 0 Å². The van der Waals surface area contributed by atoms with Gasteiger partial charge >= 0.3 is 12.4 Å². The van der Waals surface area contributed by atoms with Gasteiger partial charge in [0.25, 0.3) is 0 Å². The molecule has 0 aromatic heterocycles. The monoisotopic (exact) mass is 346 g/mol. The van der Waals surface area contributed by atoms with Crippen molar-refractivity contribution < 1.29 is 26.3 Å². The Labute approximate surface area is 136 Å². The Morgan fingerprint density at radius 2 is 1.46 bits per heavy atom. The normalized spacial score (nSPS) is 12.7. The fourth-order valence-corrected chi connectivity index (χ4v) is 2.67. The molecule has 0 nitrogen and oxygen atoms in total. The maximum absolute atomic E-state index is 13.3. The van der Waals surface area contributed by atoms with Gasteiger partial charge in [-0.1, -0.05) is 50.2 Å². The first-order valence-electron chi connectivity index (χ1n) is 7.37. The molecule has 2 aromatic carbocycles. The number of benzene rings is 2. The van der Waals surface area contributed by atoms with Crippen LogP contribution in [0.15, 0.2) is 42.5 Å². The van der Waals surface area contributed by atoms with Crippen LogP contribution < -0.4 is 0 Å². The van der Waals surface area contributed by atoms with Crippen molar-refractivity contribution in [3.8, 4) is 11.1 Å². The topological polar surface area (TPSA) is 0 Å². The van der Waals surface area contributed by atoms with E-state index in [0.29, 0.717) is 12.5 Å². The van der Waals surface area contributed by atoms with E-state index in [4.69, 9.17) is 0 Å². The van der Waals surface area contributed by atoms with Crippen molar-refractivity contribution in [1.29, 1.82) is 0 Å². The van der Waals surface area contributed by atoms with E-state index < -0.39 is 29.0 Å². The molecule has 2 aromatic rings. The van der Waals surface area contributed by atoms with Gasteiger partial charge in [0.15, 0.2) is 0 Å². The second-order valence-corrected chi connectivity index (χ2v) is 6.02. The summed E-state index contributed by atoms with van der Waals surface area (Å²) in [7, 11) is 0. The van der Waals surface area contributed by atoms with Gasteiger partial charge in [0.2, 0.25) is 0 Å². The molecular formula is C18H16F6. The number of alkyl halides is 6. The van der Waals surface area contributed by atoms with Gasteiger partial charge in [0, 0.05) is 0 Å². The maximum Gasteiger partial charge on any atom is 0.417 e. The van der Waals surface area contributed by atoms with Crippen molar-refractivity contribution in [2.45, 2.75) is 32.6 Å². The molecule has 0 atom stereocenters. The molecule has 130 valence electrons. The third-order valence-electron chi connectivity index (χ3n) is 3.54. The summed E-state index contributed by atoms with van der Waals surface area (Å²) in [6, 6.07) is 8.77. The van der Waals surface area contributed by atoms with E-state index in [9.17, 15) is 26.3 Å². The predicted molar refractivity (Wildman–Crippen MR) is 80.4 cm³/mol. The van der Waals surface area contributed by atoms with Crippen LogP contribution in [0.25, 0.3) is 11.1 Å². The molecule has 2 rings (SSSR count). The highest BCUT2D eigenvalue weighted by Crippen LogP contribution is 2.45. The summed E-state index contributed by atoms with van der Waals surface area (Å²) in [5.74, 6) is 0.281. The molecule has 0 radical (unpaired) electrons. The van der Waals surface area contributed by atoms with Crippen molar-refractivity contribution in [2.24, 2.45) is 5.92 Å². The molecule has 0 aliphatic rings. The van der Waals surface area contributed by atoms with Crippen molar-refractivity contribution in [1.82, 2.24) is 0 Å². The van der Waals surface area contributed by atoms with E-state index in [0.717, 1.165) is 17.7 Å². The molecule has 0 N–H and O–H groups in total. The highest BCUT2D eigenvalue weighted by atomic mass is 19.4. The first kappa shape index (κ1) is 18.4. The number of hydrogen-bond donors (Lipinski definition) is 0. The summed E-state index contributed by atoms with van der Waals surface area (Å²) in [5, 5.41) is 0. The zero-order chi connectivity index (χ0) is 18.1. The molecule has 0 saturated heterocycles. The van der Waals surface area contributed by atoms with Crippen LogP contribution in [0.1, 0.15) is 30.5 Å². The Bertz CT molecular complexity index is 710. The average Bonchev–Trinajstić information content (AvgIpc) is 2.44. The fraction of sp³-hybridized carbons (Fsp3) is 0.333. The Morgan fingerprint density at radius 1 is 0.833 bits per heavy atom. The minimum absolute atomic E-state index is 0.131. The van der Waals surface area contributed by atoms with E-state index in [1.165, 1.54) is 12.1 Å². The van der Waals surface area contributed by atoms with Crippen LogP contribution in [0, 0.1) is 5.92 Å². The number of rotatable bonds is 3. The average molecular weight is 346 g/mol. The Kier molecular flexibility index (Phi) is 4.97. The summed E-state index contributed by atoms with van der Waals surface area (Å²) < 4.78 is 79.1. The van der Waals surface area contributed by atoms with Crippen LogP contribution in [0.5, 0.6) is 0 Å². The zero-order valence-corrected chi connectivity index (χ0v) is 13.1. The first-order chi connectivity index (χ1) is 11.0. The SMILES string of the molecule is CC(C)Cc1cccc(-c2cccc(C(F)(F)F)c2C(F)(F)F)c1. The molecule has 0 unspecified atom stereocenters. The Balaban J connectivity index is 2.67. The van der Waals surface area contributed by atoms with E-state index in [-0.39, 0.29) is 11.5 Å². The lowest BCUT2D eigenvalue weighted by atomic mass is 9.92. The van der Waals surface area contributed by atoms with E-state index in [1.807, 2.05) is 13.8 Å². The summed E-state index contributed by atoms with van der Waals surface area (Å²) in [4.78, 5) is 0. The van der Waals surface area contributed by atoms with Gasteiger partial charge < -0.3 is 0 Å². The molecule has 0 aliphatic carbocycles. The Morgan fingerprint density at radius 3 is 2.00 bits per heavy atom. The number of hydrogen-bond acceptors (Lipinski definition) is 0. The van der Waals surface area contributed by atoms with Gasteiger partial charge in [-0.3, -0.25) is 0 Å². The van der Waals surface area contributed by atoms with Gasteiger partial charge in [-0.15, -0.1) is 0 Å². The fourth-order valence-electron chi connectivity index (χ4n) is 2.67. The molecule has 0 spiro atoms. The van der Waals surface area contributed by atoms with Gasteiger partial charge in [-0.05, 0) is 35.1 Å². The quantitative estimate of drug-likeness (QED) is 0.550. The molecule has 0 saturated carbocycles. The summed E-state index contributed by atoms with van der Waals surface area (Å²) in [5.41, 5.74) is -2.84. The molecule has 0 aliphatic heterocycles. The second-order valence-electron chi connectivity index (χ2n) is 6.02. The number of halogens is 6. The zero-order valence-electron chi connectivity index (χ0n) is 13.1. The molecule has 0 heterocycles. The smallest absolute Gasteiger partial charge is 0.166 e. The predicted octanol–water partition coefficient (Wildman–Crippen LogP) is 6.59. The van der Waals surface area contributed by atoms with Crippen molar-refractivity contribution in [2.75, 3.05) is 0 Å². The summed E-state index contributed by atoms with van der Waals surface area (Å²) in [6.07, 6.45) is -9.54. The third-order valence-corrected chi connectivity index (χ3v) is 3.54. The highest BCUT2D eigenvalue weighted by molar-refractivity contribution is 5.70. The minimum Gasteiger partial charge on any atom is -0.166 e. The van der Waals surface area contributed by atoms with E-state index >= 15 is 0 Å². The lowest BCUT2D eigenvalue weighted by Crippen LogP contribution is -2.17. The van der Waals surface area contributed by atoms with Crippen LogP contribution in [-0.4, -0.2) is 0 Å². The first-order valence-corrected chi connectivity index (χ1v) is 7.37. The van der Waals surface area contributed by atoms with Crippen molar-refractivity contribution in [3.63, 3.8) is 0 Å². The largest absolute Gasteiger partial charge is 0.417 e.